The second kappa shape index (κ2) is 5.80. The SMILES string of the molecule is CN1CCCN(CCC(C)(O)CN)CC1. The lowest BCUT2D eigenvalue weighted by Gasteiger charge is -2.26. The fourth-order valence-corrected chi connectivity index (χ4v) is 1.82. The predicted molar refractivity (Wildman–Crippen MR) is 62.8 cm³/mol. The Morgan fingerprint density at radius 2 is 2.00 bits per heavy atom. The molecule has 1 saturated heterocycles. The van der Waals surface area contributed by atoms with Crippen LogP contribution in [-0.2, 0) is 0 Å². The van der Waals surface area contributed by atoms with Crippen molar-refractivity contribution in [3.8, 4) is 0 Å². The highest BCUT2D eigenvalue weighted by Gasteiger charge is 2.20. The first kappa shape index (κ1) is 12.9. The minimum Gasteiger partial charge on any atom is -0.389 e. The van der Waals surface area contributed by atoms with Crippen LogP contribution < -0.4 is 5.73 Å². The standard InChI is InChI=1S/C11H25N3O/c1-11(15,10-12)4-7-14-6-3-5-13(2)8-9-14/h15H,3-10,12H2,1-2H3. The van der Waals surface area contributed by atoms with Gasteiger partial charge in [0.15, 0.2) is 0 Å². The maximum absolute atomic E-state index is 9.81. The van der Waals surface area contributed by atoms with Crippen LogP contribution in [0.5, 0.6) is 0 Å². The van der Waals surface area contributed by atoms with Gasteiger partial charge in [0.05, 0.1) is 5.60 Å². The molecule has 3 N–H and O–H groups in total. The van der Waals surface area contributed by atoms with E-state index in [0.29, 0.717) is 6.54 Å². The highest BCUT2D eigenvalue weighted by Crippen LogP contribution is 2.09. The summed E-state index contributed by atoms with van der Waals surface area (Å²) in [4.78, 5) is 4.79. The molecule has 0 aromatic rings. The molecule has 1 rings (SSSR count). The average Bonchev–Trinajstić information content (AvgIpc) is 2.40. The Morgan fingerprint density at radius 1 is 1.27 bits per heavy atom. The molecular weight excluding hydrogens is 190 g/mol. The quantitative estimate of drug-likeness (QED) is 0.677. The van der Waals surface area contributed by atoms with Gasteiger partial charge in [-0.2, -0.15) is 0 Å². The summed E-state index contributed by atoms with van der Waals surface area (Å²) in [7, 11) is 2.17. The van der Waals surface area contributed by atoms with Crippen LogP contribution >= 0.6 is 0 Å². The van der Waals surface area contributed by atoms with E-state index in [2.05, 4.69) is 16.8 Å². The largest absolute Gasteiger partial charge is 0.389 e. The third-order valence-corrected chi connectivity index (χ3v) is 3.22. The van der Waals surface area contributed by atoms with Gasteiger partial charge in [-0.3, -0.25) is 0 Å². The molecule has 0 aromatic heterocycles. The molecule has 1 fully saturated rings. The second-order valence-corrected chi connectivity index (χ2v) is 4.95. The summed E-state index contributed by atoms with van der Waals surface area (Å²) in [6.45, 7) is 7.69. The molecule has 0 spiro atoms. The molecule has 4 nitrogen and oxygen atoms in total. The molecule has 1 aliphatic heterocycles. The Kier molecular flexibility index (Phi) is 4.99. The van der Waals surface area contributed by atoms with Gasteiger partial charge in [0.2, 0.25) is 0 Å². The van der Waals surface area contributed by atoms with Crippen LogP contribution in [0.25, 0.3) is 0 Å². The van der Waals surface area contributed by atoms with E-state index >= 15 is 0 Å². The Morgan fingerprint density at radius 3 is 2.67 bits per heavy atom. The second-order valence-electron chi connectivity index (χ2n) is 4.95. The predicted octanol–water partition coefficient (Wildman–Crippen LogP) is -0.276. The normalized spacial score (nSPS) is 24.8. The summed E-state index contributed by atoms with van der Waals surface area (Å²) in [6.07, 6.45) is 1.99. The van der Waals surface area contributed by atoms with Gasteiger partial charge in [-0.1, -0.05) is 0 Å². The summed E-state index contributed by atoms with van der Waals surface area (Å²) in [5.74, 6) is 0. The maximum Gasteiger partial charge on any atom is 0.0753 e. The van der Waals surface area contributed by atoms with Crippen LogP contribution in [0, 0.1) is 0 Å². The fourth-order valence-electron chi connectivity index (χ4n) is 1.82. The van der Waals surface area contributed by atoms with Gasteiger partial charge in [-0.25, -0.2) is 0 Å². The Labute approximate surface area is 93.0 Å². The van der Waals surface area contributed by atoms with Gasteiger partial charge in [-0.05, 0) is 39.9 Å². The highest BCUT2D eigenvalue weighted by molar-refractivity contribution is 4.76. The topological polar surface area (TPSA) is 52.7 Å². The molecule has 1 unspecified atom stereocenters. The summed E-state index contributed by atoms with van der Waals surface area (Å²) in [5, 5.41) is 9.81. The first-order valence-electron chi connectivity index (χ1n) is 5.87. The van der Waals surface area contributed by atoms with Gasteiger partial charge in [-0.15, -0.1) is 0 Å². The number of hydrogen-bond acceptors (Lipinski definition) is 4. The lowest BCUT2D eigenvalue weighted by Crippen LogP contribution is -2.39. The number of nitrogens with two attached hydrogens (primary N) is 1. The van der Waals surface area contributed by atoms with Crippen molar-refractivity contribution in [2.45, 2.75) is 25.4 Å². The van der Waals surface area contributed by atoms with Crippen molar-refractivity contribution in [3.63, 3.8) is 0 Å². The zero-order valence-corrected chi connectivity index (χ0v) is 10.1. The number of nitrogens with zero attached hydrogens (tertiary/aromatic N) is 2. The minimum atomic E-state index is -0.696. The van der Waals surface area contributed by atoms with Crippen LogP contribution in [0.4, 0.5) is 0 Å². The van der Waals surface area contributed by atoms with Gasteiger partial charge >= 0.3 is 0 Å². The average molecular weight is 215 g/mol. The van der Waals surface area contributed by atoms with Gasteiger partial charge in [0.1, 0.15) is 0 Å². The van der Waals surface area contributed by atoms with Crippen LogP contribution in [-0.4, -0.2) is 66.8 Å². The number of rotatable bonds is 4. The summed E-state index contributed by atoms with van der Waals surface area (Å²) in [6, 6.07) is 0. The maximum atomic E-state index is 9.81. The van der Waals surface area contributed by atoms with E-state index in [4.69, 9.17) is 5.73 Å². The Bertz CT molecular complexity index is 185. The van der Waals surface area contributed by atoms with Crippen molar-refractivity contribution >= 4 is 0 Å². The zero-order valence-electron chi connectivity index (χ0n) is 10.1. The highest BCUT2D eigenvalue weighted by atomic mass is 16.3. The summed E-state index contributed by atoms with van der Waals surface area (Å²) < 4.78 is 0. The lowest BCUT2D eigenvalue weighted by molar-refractivity contribution is 0.0481. The molecular formula is C11H25N3O. The molecule has 0 amide bonds. The van der Waals surface area contributed by atoms with E-state index < -0.39 is 5.60 Å². The van der Waals surface area contributed by atoms with Gasteiger partial charge in [0.25, 0.3) is 0 Å². The summed E-state index contributed by atoms with van der Waals surface area (Å²) >= 11 is 0. The van der Waals surface area contributed by atoms with E-state index in [9.17, 15) is 5.11 Å². The minimum absolute atomic E-state index is 0.348. The third-order valence-electron chi connectivity index (χ3n) is 3.22. The van der Waals surface area contributed by atoms with Crippen molar-refractivity contribution in [2.24, 2.45) is 5.73 Å². The first-order chi connectivity index (χ1) is 7.03. The van der Waals surface area contributed by atoms with Crippen LogP contribution in [0.3, 0.4) is 0 Å². The van der Waals surface area contributed by atoms with E-state index in [1.54, 1.807) is 0 Å². The van der Waals surface area contributed by atoms with Crippen molar-refractivity contribution in [1.29, 1.82) is 0 Å². The molecule has 0 bridgehead atoms. The molecule has 0 aliphatic carbocycles. The molecule has 4 heteroatoms. The molecule has 0 aromatic carbocycles. The van der Waals surface area contributed by atoms with Crippen molar-refractivity contribution in [2.75, 3.05) is 46.3 Å². The number of likely N-dealkylation sites (N-methyl/N-ethyl adjacent to an activating group) is 1. The third kappa shape index (κ3) is 4.93. The van der Waals surface area contributed by atoms with Crippen LogP contribution in [0.15, 0.2) is 0 Å². The zero-order chi connectivity index (χ0) is 11.3. The van der Waals surface area contributed by atoms with E-state index in [0.717, 1.165) is 32.6 Å². The van der Waals surface area contributed by atoms with Gasteiger partial charge in [0, 0.05) is 26.2 Å². The van der Waals surface area contributed by atoms with E-state index in [-0.39, 0.29) is 0 Å². The molecule has 1 atom stereocenters. The van der Waals surface area contributed by atoms with Crippen molar-refractivity contribution < 1.29 is 5.11 Å². The molecule has 90 valence electrons. The number of hydrogen-bond donors (Lipinski definition) is 2. The Balaban J connectivity index is 2.26. The first-order valence-corrected chi connectivity index (χ1v) is 5.87. The molecule has 0 saturated carbocycles. The molecule has 1 heterocycles. The van der Waals surface area contributed by atoms with Crippen molar-refractivity contribution in [3.05, 3.63) is 0 Å². The summed E-state index contributed by atoms with van der Waals surface area (Å²) in [5.41, 5.74) is 4.80. The Hall–Kier alpha value is -0.160. The smallest absolute Gasteiger partial charge is 0.0753 e. The number of aliphatic hydroxyl groups is 1. The fraction of sp³-hybridized carbons (Fsp3) is 1.00. The lowest BCUT2D eigenvalue weighted by atomic mass is 10.0. The van der Waals surface area contributed by atoms with E-state index in [1.807, 2.05) is 6.92 Å². The monoisotopic (exact) mass is 215 g/mol. The molecule has 15 heavy (non-hydrogen) atoms. The van der Waals surface area contributed by atoms with E-state index in [1.165, 1.54) is 13.0 Å². The molecule has 1 aliphatic rings. The van der Waals surface area contributed by atoms with Crippen LogP contribution in [0.1, 0.15) is 19.8 Å². The van der Waals surface area contributed by atoms with Gasteiger partial charge < -0.3 is 20.6 Å². The van der Waals surface area contributed by atoms with Crippen LogP contribution in [0.2, 0.25) is 0 Å². The molecule has 0 radical (unpaired) electrons. The van der Waals surface area contributed by atoms with Crippen molar-refractivity contribution in [1.82, 2.24) is 9.80 Å².